The zero-order chi connectivity index (χ0) is 16.7. The molecule has 0 radical (unpaired) electrons. The van der Waals surface area contributed by atoms with Gasteiger partial charge in [0.1, 0.15) is 4.99 Å². The summed E-state index contributed by atoms with van der Waals surface area (Å²) in [7, 11) is 1.93. The van der Waals surface area contributed by atoms with Crippen LogP contribution in [0.15, 0.2) is 48.8 Å². The highest BCUT2D eigenvalue weighted by Crippen LogP contribution is 2.09. The molecule has 0 aliphatic rings. The van der Waals surface area contributed by atoms with Gasteiger partial charge >= 0.3 is 0 Å². The highest BCUT2D eigenvalue weighted by Gasteiger charge is 2.07. The van der Waals surface area contributed by atoms with E-state index in [1.54, 1.807) is 36.7 Å². The fourth-order valence-corrected chi connectivity index (χ4v) is 2.25. The smallest absolute Gasteiger partial charge is 0.238 e. The van der Waals surface area contributed by atoms with Crippen molar-refractivity contribution in [2.45, 2.75) is 6.42 Å². The van der Waals surface area contributed by atoms with E-state index in [-0.39, 0.29) is 5.91 Å². The molecule has 0 aliphatic heterocycles. The summed E-state index contributed by atoms with van der Waals surface area (Å²) in [5, 5.41) is 2.86. The van der Waals surface area contributed by atoms with Crippen molar-refractivity contribution < 1.29 is 4.79 Å². The maximum Gasteiger partial charge on any atom is 0.238 e. The van der Waals surface area contributed by atoms with E-state index in [1.165, 1.54) is 5.56 Å². The van der Waals surface area contributed by atoms with E-state index < -0.39 is 0 Å². The first-order chi connectivity index (χ1) is 11.0. The fourth-order valence-electron chi connectivity index (χ4n) is 2.11. The zero-order valence-electron chi connectivity index (χ0n) is 13.0. The number of thiocarbonyl (C=S) groups is 1. The van der Waals surface area contributed by atoms with Crippen LogP contribution in [0, 0.1) is 0 Å². The molecule has 0 spiro atoms. The second-order valence-corrected chi connectivity index (χ2v) is 5.77. The van der Waals surface area contributed by atoms with E-state index in [0.717, 1.165) is 24.2 Å². The third-order valence-corrected chi connectivity index (χ3v) is 3.63. The SMILES string of the molecule is CN(CCc1ccncc1)CC(=O)Nc1ccc(C(N)=S)cc1. The minimum absolute atomic E-state index is 0.0506. The number of nitrogens with one attached hydrogen (secondary N) is 1. The van der Waals surface area contributed by atoms with Crippen LogP contribution in [0.5, 0.6) is 0 Å². The van der Waals surface area contributed by atoms with E-state index in [9.17, 15) is 4.79 Å². The predicted molar refractivity (Wildman–Crippen MR) is 96.4 cm³/mol. The molecule has 0 unspecified atom stereocenters. The van der Waals surface area contributed by atoms with Crippen LogP contribution < -0.4 is 11.1 Å². The summed E-state index contributed by atoms with van der Waals surface area (Å²) in [5.41, 5.74) is 8.27. The Morgan fingerprint density at radius 1 is 1.22 bits per heavy atom. The van der Waals surface area contributed by atoms with Crippen molar-refractivity contribution in [3.8, 4) is 0 Å². The highest BCUT2D eigenvalue weighted by atomic mass is 32.1. The normalized spacial score (nSPS) is 10.5. The minimum Gasteiger partial charge on any atom is -0.389 e. The van der Waals surface area contributed by atoms with E-state index in [2.05, 4.69) is 10.3 Å². The molecule has 1 aromatic heterocycles. The maximum atomic E-state index is 12.0. The molecule has 120 valence electrons. The van der Waals surface area contributed by atoms with Gasteiger partial charge in [0.2, 0.25) is 5.91 Å². The molecule has 0 atom stereocenters. The first-order valence-corrected chi connectivity index (χ1v) is 7.72. The summed E-state index contributed by atoms with van der Waals surface area (Å²) < 4.78 is 0. The number of likely N-dealkylation sites (N-methyl/N-ethyl adjacent to an activating group) is 1. The van der Waals surface area contributed by atoms with Crippen LogP contribution in [-0.4, -0.2) is 40.9 Å². The van der Waals surface area contributed by atoms with Crippen molar-refractivity contribution in [3.05, 3.63) is 59.9 Å². The van der Waals surface area contributed by atoms with Gasteiger partial charge in [0, 0.05) is 30.2 Å². The van der Waals surface area contributed by atoms with Gasteiger partial charge in [-0.2, -0.15) is 0 Å². The third-order valence-electron chi connectivity index (χ3n) is 3.40. The molecule has 2 rings (SSSR count). The lowest BCUT2D eigenvalue weighted by Gasteiger charge is -2.16. The average Bonchev–Trinajstić information content (AvgIpc) is 2.54. The summed E-state index contributed by atoms with van der Waals surface area (Å²) in [6.45, 7) is 1.14. The molecule has 0 saturated carbocycles. The summed E-state index contributed by atoms with van der Waals surface area (Å²) in [6.07, 6.45) is 4.44. The Labute approximate surface area is 141 Å². The van der Waals surface area contributed by atoms with E-state index in [4.69, 9.17) is 18.0 Å². The van der Waals surface area contributed by atoms with E-state index in [1.807, 2.05) is 24.1 Å². The molecular formula is C17H20N4OS. The van der Waals surface area contributed by atoms with Crippen LogP contribution >= 0.6 is 12.2 Å². The molecule has 23 heavy (non-hydrogen) atoms. The van der Waals surface area contributed by atoms with Crippen LogP contribution in [0.4, 0.5) is 5.69 Å². The van der Waals surface area contributed by atoms with Gasteiger partial charge in [0.25, 0.3) is 0 Å². The van der Waals surface area contributed by atoms with Gasteiger partial charge in [0.05, 0.1) is 6.54 Å². The Hall–Kier alpha value is -2.31. The van der Waals surface area contributed by atoms with Gasteiger partial charge in [-0.25, -0.2) is 0 Å². The number of aromatic nitrogens is 1. The molecule has 0 bridgehead atoms. The topological polar surface area (TPSA) is 71.2 Å². The van der Waals surface area contributed by atoms with Gasteiger partial charge in [-0.1, -0.05) is 12.2 Å². The Balaban J connectivity index is 1.78. The molecule has 0 aliphatic carbocycles. The van der Waals surface area contributed by atoms with E-state index >= 15 is 0 Å². The summed E-state index contributed by atoms with van der Waals surface area (Å²) >= 11 is 4.90. The van der Waals surface area contributed by atoms with Gasteiger partial charge < -0.3 is 11.1 Å². The fraction of sp³-hybridized carbons (Fsp3) is 0.235. The molecule has 0 fully saturated rings. The lowest BCUT2D eigenvalue weighted by Crippen LogP contribution is -2.31. The standard InChI is InChI=1S/C17H20N4OS/c1-21(11-8-13-6-9-19-10-7-13)12-16(22)20-15-4-2-14(3-5-15)17(18)23/h2-7,9-10H,8,11-12H2,1H3,(H2,18,23)(H,20,22). The van der Waals surface area contributed by atoms with Crippen molar-refractivity contribution in [1.82, 2.24) is 9.88 Å². The largest absolute Gasteiger partial charge is 0.389 e. The van der Waals surface area contributed by atoms with Crippen molar-refractivity contribution >= 4 is 28.8 Å². The van der Waals surface area contributed by atoms with Crippen LogP contribution in [0.2, 0.25) is 0 Å². The number of nitrogens with zero attached hydrogens (tertiary/aromatic N) is 2. The number of benzene rings is 1. The Bertz CT molecular complexity index is 658. The Morgan fingerprint density at radius 2 is 1.87 bits per heavy atom. The van der Waals surface area contributed by atoms with Crippen LogP contribution in [0.1, 0.15) is 11.1 Å². The minimum atomic E-state index is -0.0506. The molecule has 6 heteroatoms. The van der Waals surface area contributed by atoms with Crippen molar-refractivity contribution in [2.75, 3.05) is 25.5 Å². The highest BCUT2D eigenvalue weighted by molar-refractivity contribution is 7.80. The lowest BCUT2D eigenvalue weighted by atomic mass is 10.2. The second-order valence-electron chi connectivity index (χ2n) is 5.33. The molecule has 5 nitrogen and oxygen atoms in total. The number of pyridine rings is 1. The first kappa shape index (κ1) is 17.1. The number of carbonyl (C=O) groups is 1. The van der Waals surface area contributed by atoms with Gasteiger partial charge in [0.15, 0.2) is 0 Å². The molecule has 3 N–H and O–H groups in total. The third kappa shape index (κ3) is 5.77. The summed E-state index contributed by atoms with van der Waals surface area (Å²) in [6, 6.07) is 11.2. The molecule has 1 heterocycles. The molecule has 1 aromatic carbocycles. The summed E-state index contributed by atoms with van der Waals surface area (Å²) in [5.74, 6) is -0.0506. The molecular weight excluding hydrogens is 308 g/mol. The van der Waals surface area contributed by atoms with E-state index in [0.29, 0.717) is 11.5 Å². The zero-order valence-corrected chi connectivity index (χ0v) is 13.8. The van der Waals surface area contributed by atoms with Gasteiger partial charge in [-0.15, -0.1) is 0 Å². The monoisotopic (exact) mass is 328 g/mol. The Morgan fingerprint density at radius 3 is 2.48 bits per heavy atom. The molecule has 2 aromatic rings. The van der Waals surface area contributed by atoms with Crippen molar-refractivity contribution in [3.63, 3.8) is 0 Å². The predicted octanol–water partition coefficient (Wildman–Crippen LogP) is 1.83. The number of hydrogen-bond donors (Lipinski definition) is 2. The molecule has 1 amide bonds. The first-order valence-electron chi connectivity index (χ1n) is 7.32. The molecule has 0 saturated heterocycles. The number of hydrogen-bond acceptors (Lipinski definition) is 4. The average molecular weight is 328 g/mol. The second kappa shape index (κ2) is 8.36. The van der Waals surface area contributed by atoms with Crippen LogP contribution in [0.3, 0.4) is 0 Å². The summed E-state index contributed by atoms with van der Waals surface area (Å²) in [4.78, 5) is 18.4. The quantitative estimate of drug-likeness (QED) is 0.759. The number of anilines is 1. The Kier molecular flexibility index (Phi) is 6.19. The number of nitrogens with two attached hydrogens (primary N) is 1. The number of rotatable bonds is 7. The number of amides is 1. The van der Waals surface area contributed by atoms with Crippen LogP contribution in [-0.2, 0) is 11.2 Å². The maximum absolute atomic E-state index is 12.0. The lowest BCUT2D eigenvalue weighted by molar-refractivity contribution is -0.117. The van der Waals surface area contributed by atoms with Gasteiger partial charge in [-0.05, 0) is 55.4 Å². The van der Waals surface area contributed by atoms with Gasteiger partial charge in [-0.3, -0.25) is 14.7 Å². The number of carbonyl (C=O) groups excluding carboxylic acids is 1. The van der Waals surface area contributed by atoms with Crippen molar-refractivity contribution in [1.29, 1.82) is 0 Å². The van der Waals surface area contributed by atoms with Crippen LogP contribution in [0.25, 0.3) is 0 Å². The van der Waals surface area contributed by atoms with Crippen molar-refractivity contribution in [2.24, 2.45) is 5.73 Å².